The van der Waals surface area contributed by atoms with Crippen molar-refractivity contribution in [1.29, 1.82) is 0 Å². The molecule has 6 heteroatoms. The Kier molecular flexibility index (Phi) is 4.35. The number of piperidine rings is 1. The molecule has 1 fully saturated rings. The predicted octanol–water partition coefficient (Wildman–Crippen LogP) is 0.526. The summed E-state index contributed by atoms with van der Waals surface area (Å²) in [7, 11) is 0. The molecule has 0 saturated carbocycles. The zero-order valence-electron chi connectivity index (χ0n) is 10.1. The lowest BCUT2D eigenvalue weighted by atomic mass is 10.2. The van der Waals surface area contributed by atoms with Crippen molar-refractivity contribution in [3.8, 4) is 0 Å². The fraction of sp³-hybridized carbons (Fsp3) is 0.500. The second-order valence-electron chi connectivity index (χ2n) is 4.24. The van der Waals surface area contributed by atoms with Gasteiger partial charge in [0.05, 0.1) is 12.8 Å². The number of hydrazine groups is 1. The van der Waals surface area contributed by atoms with Crippen LogP contribution < -0.4 is 10.7 Å². The summed E-state index contributed by atoms with van der Waals surface area (Å²) >= 11 is 0. The minimum absolute atomic E-state index is 0.0456. The lowest BCUT2D eigenvalue weighted by Crippen LogP contribution is -2.48. The Morgan fingerprint density at radius 2 is 2.06 bits per heavy atom. The average molecular weight is 251 g/mol. The fourth-order valence-electron chi connectivity index (χ4n) is 1.88. The van der Waals surface area contributed by atoms with Gasteiger partial charge in [0.15, 0.2) is 5.76 Å². The van der Waals surface area contributed by atoms with Gasteiger partial charge in [0.2, 0.25) is 0 Å². The van der Waals surface area contributed by atoms with E-state index < -0.39 is 0 Å². The second-order valence-corrected chi connectivity index (χ2v) is 4.24. The maximum Gasteiger partial charge on any atom is 0.287 e. The van der Waals surface area contributed by atoms with Crippen LogP contribution in [-0.4, -0.2) is 36.5 Å². The molecule has 0 unspecified atom stereocenters. The number of furan rings is 1. The van der Waals surface area contributed by atoms with Crippen LogP contribution in [0, 0.1) is 0 Å². The van der Waals surface area contributed by atoms with Crippen molar-refractivity contribution in [1.82, 2.24) is 15.8 Å². The van der Waals surface area contributed by atoms with E-state index in [0.717, 1.165) is 25.9 Å². The zero-order valence-corrected chi connectivity index (χ0v) is 10.1. The molecule has 2 amide bonds. The van der Waals surface area contributed by atoms with E-state index in [1.165, 1.54) is 12.7 Å². The summed E-state index contributed by atoms with van der Waals surface area (Å²) in [5.41, 5.74) is 2.77. The highest BCUT2D eigenvalue weighted by molar-refractivity contribution is 5.94. The van der Waals surface area contributed by atoms with E-state index in [-0.39, 0.29) is 24.1 Å². The average Bonchev–Trinajstić information content (AvgIpc) is 2.91. The van der Waals surface area contributed by atoms with Crippen molar-refractivity contribution in [3.63, 3.8) is 0 Å². The van der Waals surface area contributed by atoms with Crippen LogP contribution >= 0.6 is 0 Å². The van der Waals surface area contributed by atoms with Gasteiger partial charge < -0.3 is 9.73 Å². The van der Waals surface area contributed by atoms with Gasteiger partial charge in [0, 0.05) is 13.1 Å². The van der Waals surface area contributed by atoms with E-state index in [4.69, 9.17) is 4.42 Å². The van der Waals surface area contributed by atoms with Crippen LogP contribution in [0.5, 0.6) is 0 Å². The summed E-state index contributed by atoms with van der Waals surface area (Å²) < 4.78 is 4.92. The Balaban J connectivity index is 1.69. The number of hydrogen-bond donors (Lipinski definition) is 2. The van der Waals surface area contributed by atoms with E-state index in [2.05, 4.69) is 10.7 Å². The van der Waals surface area contributed by atoms with Crippen LogP contribution in [0.1, 0.15) is 29.8 Å². The van der Waals surface area contributed by atoms with Crippen molar-refractivity contribution in [2.45, 2.75) is 19.3 Å². The van der Waals surface area contributed by atoms with Gasteiger partial charge in [-0.05, 0) is 25.0 Å². The van der Waals surface area contributed by atoms with E-state index in [1.807, 2.05) is 5.01 Å². The van der Waals surface area contributed by atoms with E-state index >= 15 is 0 Å². The number of carbonyl (C=O) groups is 2. The van der Waals surface area contributed by atoms with Crippen LogP contribution in [0.4, 0.5) is 0 Å². The minimum atomic E-state index is -0.381. The van der Waals surface area contributed by atoms with Gasteiger partial charge in [-0.3, -0.25) is 15.0 Å². The fourth-order valence-corrected chi connectivity index (χ4v) is 1.88. The first-order chi connectivity index (χ1) is 8.75. The summed E-state index contributed by atoms with van der Waals surface area (Å²) in [5, 5.41) is 4.40. The summed E-state index contributed by atoms with van der Waals surface area (Å²) in [4.78, 5) is 23.1. The molecule has 18 heavy (non-hydrogen) atoms. The molecule has 1 aromatic rings. The number of nitrogens with one attached hydrogen (secondary N) is 2. The van der Waals surface area contributed by atoms with Crippen LogP contribution in [0.25, 0.3) is 0 Å². The molecule has 2 N–H and O–H groups in total. The van der Waals surface area contributed by atoms with Gasteiger partial charge in [-0.2, -0.15) is 0 Å². The van der Waals surface area contributed by atoms with Crippen LogP contribution in [-0.2, 0) is 4.79 Å². The Morgan fingerprint density at radius 3 is 2.72 bits per heavy atom. The van der Waals surface area contributed by atoms with Crippen LogP contribution in [0.15, 0.2) is 22.8 Å². The third-order valence-corrected chi connectivity index (χ3v) is 2.79. The molecule has 98 valence electrons. The molecule has 1 aliphatic rings. The highest BCUT2D eigenvalue weighted by Gasteiger charge is 2.14. The summed E-state index contributed by atoms with van der Waals surface area (Å²) in [5.74, 6) is -0.383. The SMILES string of the molecule is O=C(CNC(=O)c1ccco1)NN1CCCCC1. The number of rotatable bonds is 4. The molecular weight excluding hydrogens is 234 g/mol. The van der Waals surface area contributed by atoms with Gasteiger partial charge in [0.25, 0.3) is 11.8 Å². The number of hydrogen-bond acceptors (Lipinski definition) is 4. The molecule has 1 aromatic heterocycles. The largest absolute Gasteiger partial charge is 0.459 e. The smallest absolute Gasteiger partial charge is 0.287 e. The number of amides is 2. The first-order valence-electron chi connectivity index (χ1n) is 6.12. The molecule has 1 aliphatic heterocycles. The molecule has 2 rings (SSSR count). The minimum Gasteiger partial charge on any atom is -0.459 e. The monoisotopic (exact) mass is 251 g/mol. The summed E-state index contributed by atoms with van der Waals surface area (Å²) in [6.07, 6.45) is 4.82. The maximum absolute atomic E-state index is 11.6. The molecule has 1 saturated heterocycles. The van der Waals surface area contributed by atoms with Crippen molar-refractivity contribution in [3.05, 3.63) is 24.2 Å². The van der Waals surface area contributed by atoms with Gasteiger partial charge in [-0.1, -0.05) is 6.42 Å². The highest BCUT2D eigenvalue weighted by atomic mass is 16.3. The third kappa shape index (κ3) is 3.59. The van der Waals surface area contributed by atoms with Crippen molar-refractivity contribution in [2.24, 2.45) is 0 Å². The van der Waals surface area contributed by atoms with Gasteiger partial charge in [-0.25, -0.2) is 5.01 Å². The molecule has 0 atom stereocenters. The molecule has 6 nitrogen and oxygen atoms in total. The van der Waals surface area contributed by atoms with E-state index in [1.54, 1.807) is 12.1 Å². The third-order valence-electron chi connectivity index (χ3n) is 2.79. The van der Waals surface area contributed by atoms with Crippen LogP contribution in [0.2, 0.25) is 0 Å². The van der Waals surface area contributed by atoms with E-state index in [9.17, 15) is 9.59 Å². The predicted molar refractivity (Wildman–Crippen MR) is 64.6 cm³/mol. The molecule has 0 bridgehead atoms. The van der Waals surface area contributed by atoms with E-state index in [0.29, 0.717) is 0 Å². The lowest BCUT2D eigenvalue weighted by molar-refractivity contribution is -0.125. The van der Waals surface area contributed by atoms with Gasteiger partial charge in [0.1, 0.15) is 0 Å². The standard InChI is InChI=1S/C12H17N3O3/c16-11(14-15-6-2-1-3-7-15)9-13-12(17)10-5-4-8-18-10/h4-5,8H,1-3,6-7,9H2,(H,13,17)(H,14,16). The van der Waals surface area contributed by atoms with Crippen molar-refractivity contribution >= 4 is 11.8 Å². The number of carbonyl (C=O) groups excluding carboxylic acids is 2. The second kappa shape index (κ2) is 6.20. The normalized spacial score (nSPS) is 16.2. The maximum atomic E-state index is 11.6. The highest BCUT2D eigenvalue weighted by Crippen LogP contribution is 2.05. The summed E-state index contributed by atoms with van der Waals surface area (Å²) in [6, 6.07) is 3.18. The Bertz CT molecular complexity index is 397. The van der Waals surface area contributed by atoms with Crippen LogP contribution in [0.3, 0.4) is 0 Å². The molecule has 0 aromatic carbocycles. The van der Waals surface area contributed by atoms with Gasteiger partial charge >= 0.3 is 0 Å². The first kappa shape index (κ1) is 12.6. The Labute approximate surface area is 105 Å². The quantitative estimate of drug-likeness (QED) is 0.818. The molecule has 0 aliphatic carbocycles. The molecular formula is C12H17N3O3. The van der Waals surface area contributed by atoms with Crippen molar-refractivity contribution in [2.75, 3.05) is 19.6 Å². The Hall–Kier alpha value is -1.82. The first-order valence-corrected chi connectivity index (χ1v) is 6.12. The van der Waals surface area contributed by atoms with Crippen molar-refractivity contribution < 1.29 is 14.0 Å². The zero-order chi connectivity index (χ0) is 12.8. The lowest BCUT2D eigenvalue weighted by Gasteiger charge is -2.26. The number of nitrogens with zero attached hydrogens (tertiary/aromatic N) is 1. The Morgan fingerprint density at radius 1 is 1.28 bits per heavy atom. The molecule has 2 heterocycles. The summed E-state index contributed by atoms with van der Waals surface area (Å²) in [6.45, 7) is 1.70. The molecule has 0 radical (unpaired) electrons. The topological polar surface area (TPSA) is 74.6 Å². The van der Waals surface area contributed by atoms with Gasteiger partial charge in [-0.15, -0.1) is 0 Å². The molecule has 0 spiro atoms.